The molecule has 4 N–H and O–H groups in total. The largest absolute Gasteiger partial charge is 0.354 e. The summed E-state index contributed by atoms with van der Waals surface area (Å²) >= 11 is 6.26. The van der Waals surface area contributed by atoms with Gasteiger partial charge in [-0.2, -0.15) is 4.31 Å². The first-order valence-corrected chi connectivity index (χ1v) is 18.1. The Morgan fingerprint density at radius 1 is 1.06 bits per heavy atom. The van der Waals surface area contributed by atoms with E-state index in [4.69, 9.17) is 17.3 Å². The van der Waals surface area contributed by atoms with Crippen molar-refractivity contribution in [2.45, 2.75) is 61.9 Å². The Kier molecular flexibility index (Phi) is 9.79. The highest BCUT2D eigenvalue weighted by Gasteiger charge is 2.45. The number of nitrogens with two attached hydrogens (primary N) is 1. The molecule has 1 aromatic heterocycles. The number of carbonyl (C=O) groups is 2. The quantitative estimate of drug-likeness (QED) is 0.359. The smallest absolute Gasteiger partial charge is 0.276 e. The number of amides is 2. The molecule has 4 heterocycles. The van der Waals surface area contributed by atoms with E-state index in [1.165, 1.54) is 28.6 Å². The van der Waals surface area contributed by atoms with E-state index in [0.29, 0.717) is 31.0 Å². The number of halogens is 3. The van der Waals surface area contributed by atoms with E-state index in [-0.39, 0.29) is 96.7 Å². The van der Waals surface area contributed by atoms with Gasteiger partial charge < -0.3 is 26.2 Å². The molecule has 11 nitrogen and oxygen atoms in total. The van der Waals surface area contributed by atoms with Crippen molar-refractivity contribution in [1.29, 1.82) is 0 Å². The SMILES string of the molecule is C[C@H]1CNC[C@@H]1NC(=O)[C@H]1CC[C@H](C(F)(F)c2cc(Cl)nc(N3CCN(S(=O)(=O)c4ccc(N5C[C@H](N)CC5=O)cc4)CC3)c2)CC1. The number of rotatable bonds is 8. The van der Waals surface area contributed by atoms with Gasteiger partial charge in [-0.15, -0.1) is 0 Å². The molecule has 15 heteroatoms. The molecule has 4 aliphatic rings. The number of anilines is 2. The van der Waals surface area contributed by atoms with Gasteiger partial charge in [0.1, 0.15) is 11.0 Å². The Balaban J connectivity index is 1.06. The summed E-state index contributed by atoms with van der Waals surface area (Å²) in [6.07, 6.45) is 1.49. The van der Waals surface area contributed by atoms with Crippen LogP contribution >= 0.6 is 11.6 Å². The second-order valence-corrected chi connectivity index (χ2v) is 15.6. The first kappa shape index (κ1) is 34.0. The topological polar surface area (TPSA) is 141 Å². The van der Waals surface area contributed by atoms with Crippen molar-refractivity contribution in [3.8, 4) is 0 Å². The molecule has 0 radical (unpaired) electrons. The van der Waals surface area contributed by atoms with Crippen molar-refractivity contribution < 1.29 is 26.8 Å². The Morgan fingerprint density at radius 2 is 1.74 bits per heavy atom. The molecule has 256 valence electrons. The molecule has 1 aliphatic carbocycles. The number of nitrogens with one attached hydrogen (secondary N) is 2. The predicted octanol–water partition coefficient (Wildman–Crippen LogP) is 2.93. The van der Waals surface area contributed by atoms with Gasteiger partial charge in [0.2, 0.25) is 21.8 Å². The van der Waals surface area contributed by atoms with Gasteiger partial charge in [0, 0.05) is 80.9 Å². The van der Waals surface area contributed by atoms with Gasteiger partial charge >= 0.3 is 0 Å². The Bertz CT molecular complexity index is 1580. The van der Waals surface area contributed by atoms with Crippen LogP contribution in [-0.4, -0.2) is 87.4 Å². The number of alkyl halides is 2. The van der Waals surface area contributed by atoms with Gasteiger partial charge in [0.25, 0.3) is 5.92 Å². The van der Waals surface area contributed by atoms with Crippen LogP contribution in [0, 0.1) is 17.8 Å². The third kappa shape index (κ3) is 7.12. The zero-order valence-corrected chi connectivity index (χ0v) is 27.9. The first-order valence-electron chi connectivity index (χ1n) is 16.3. The van der Waals surface area contributed by atoms with Crippen molar-refractivity contribution in [2.24, 2.45) is 23.5 Å². The van der Waals surface area contributed by atoms with E-state index in [1.807, 2.05) is 0 Å². The molecule has 1 saturated carbocycles. The van der Waals surface area contributed by atoms with Gasteiger partial charge in [-0.3, -0.25) is 9.59 Å². The number of hydrogen-bond acceptors (Lipinski definition) is 8. The van der Waals surface area contributed by atoms with Crippen LogP contribution < -0.4 is 26.2 Å². The molecule has 0 unspecified atom stereocenters. The summed E-state index contributed by atoms with van der Waals surface area (Å²) in [6.45, 7) is 4.78. The van der Waals surface area contributed by atoms with Crippen molar-refractivity contribution in [1.82, 2.24) is 19.9 Å². The van der Waals surface area contributed by atoms with Crippen molar-refractivity contribution in [2.75, 3.05) is 55.6 Å². The number of benzene rings is 1. The van der Waals surface area contributed by atoms with Crippen molar-refractivity contribution >= 4 is 44.9 Å². The number of sulfonamides is 1. The van der Waals surface area contributed by atoms with Gasteiger partial charge in [-0.25, -0.2) is 22.2 Å². The van der Waals surface area contributed by atoms with Crippen molar-refractivity contribution in [3.63, 3.8) is 0 Å². The summed E-state index contributed by atoms with van der Waals surface area (Å²) in [5, 5.41) is 6.30. The van der Waals surface area contributed by atoms with E-state index in [9.17, 15) is 18.0 Å². The summed E-state index contributed by atoms with van der Waals surface area (Å²) in [6, 6.07) is 8.55. The average molecular weight is 694 g/mol. The lowest BCUT2D eigenvalue weighted by Gasteiger charge is -2.36. The van der Waals surface area contributed by atoms with Gasteiger partial charge in [-0.1, -0.05) is 18.5 Å². The molecule has 6 rings (SSSR count). The Hall–Kier alpha value is -2.91. The summed E-state index contributed by atoms with van der Waals surface area (Å²) in [5.74, 6) is -3.92. The van der Waals surface area contributed by atoms with Gasteiger partial charge in [-0.05, 0) is 74.5 Å². The lowest BCUT2D eigenvalue weighted by atomic mass is 9.77. The number of pyridine rings is 1. The van der Waals surface area contributed by atoms with Crippen LogP contribution in [0.4, 0.5) is 20.3 Å². The molecular weight excluding hydrogens is 652 g/mol. The lowest BCUT2D eigenvalue weighted by Crippen LogP contribution is -2.49. The number of aromatic nitrogens is 1. The van der Waals surface area contributed by atoms with Crippen LogP contribution in [0.15, 0.2) is 41.3 Å². The normalized spacial score (nSPS) is 27.8. The van der Waals surface area contributed by atoms with Gasteiger partial charge in [0.15, 0.2) is 0 Å². The fourth-order valence-corrected chi connectivity index (χ4v) is 8.81. The average Bonchev–Trinajstić information content (AvgIpc) is 3.63. The Labute approximate surface area is 279 Å². The van der Waals surface area contributed by atoms with Gasteiger partial charge in [0.05, 0.1) is 4.90 Å². The van der Waals surface area contributed by atoms with Crippen LogP contribution in [0.1, 0.15) is 44.6 Å². The minimum Gasteiger partial charge on any atom is -0.354 e. The molecule has 1 aromatic carbocycles. The van der Waals surface area contributed by atoms with Crippen LogP contribution in [0.5, 0.6) is 0 Å². The van der Waals surface area contributed by atoms with E-state index in [1.54, 1.807) is 21.9 Å². The highest BCUT2D eigenvalue weighted by atomic mass is 35.5. The highest BCUT2D eigenvalue weighted by Crippen LogP contribution is 2.46. The first-order chi connectivity index (χ1) is 22.3. The fourth-order valence-electron chi connectivity index (χ4n) is 7.18. The maximum absolute atomic E-state index is 15.9. The fraction of sp³-hybridized carbons (Fsp3) is 0.594. The third-order valence-electron chi connectivity index (χ3n) is 10.1. The van der Waals surface area contributed by atoms with Crippen LogP contribution in [0.25, 0.3) is 0 Å². The molecule has 2 aromatic rings. The second-order valence-electron chi connectivity index (χ2n) is 13.3. The predicted molar refractivity (Wildman–Crippen MR) is 175 cm³/mol. The zero-order valence-electron chi connectivity index (χ0n) is 26.4. The second kappa shape index (κ2) is 13.5. The van der Waals surface area contributed by atoms with E-state index in [2.05, 4.69) is 22.5 Å². The molecule has 3 atom stereocenters. The van der Waals surface area contributed by atoms with Crippen LogP contribution in [0.3, 0.4) is 0 Å². The minimum absolute atomic E-state index is 0.0523. The van der Waals surface area contributed by atoms with Crippen molar-refractivity contribution in [3.05, 3.63) is 47.1 Å². The molecule has 4 fully saturated rings. The molecule has 3 saturated heterocycles. The molecular formula is C32H42ClF2N7O4S. The summed E-state index contributed by atoms with van der Waals surface area (Å²) in [7, 11) is -3.83. The molecule has 2 amide bonds. The van der Waals surface area contributed by atoms with E-state index in [0.717, 1.165) is 13.1 Å². The zero-order chi connectivity index (χ0) is 33.5. The lowest BCUT2D eigenvalue weighted by molar-refractivity contribution is -0.130. The minimum atomic E-state index is -3.83. The Morgan fingerprint density at radius 3 is 2.34 bits per heavy atom. The van der Waals surface area contributed by atoms with E-state index >= 15 is 8.78 Å². The molecule has 3 aliphatic heterocycles. The number of hydrogen-bond donors (Lipinski definition) is 3. The third-order valence-corrected chi connectivity index (χ3v) is 12.2. The summed E-state index contributed by atoms with van der Waals surface area (Å²) in [4.78, 5) is 32.7. The number of carbonyl (C=O) groups excluding carboxylic acids is 2. The standard InChI is InChI=1S/C32H42ClF2N7O4S/c1-20-17-37-18-27(20)38-31(44)21-2-4-22(5-3-21)32(34,35)23-14-28(33)39-29(15-23)40-10-12-41(13-11-40)47(45,46)26-8-6-25(7-9-26)42-19-24(36)16-30(42)43/h6-9,14-15,20-22,24,27,37H,2-5,10-13,16-19,36H2,1H3,(H,38,44)/t20-,21-,22-,24+,27-/m0/s1. The summed E-state index contributed by atoms with van der Waals surface area (Å²) < 4.78 is 60.0. The number of piperazine rings is 1. The highest BCUT2D eigenvalue weighted by molar-refractivity contribution is 7.89. The molecule has 47 heavy (non-hydrogen) atoms. The number of nitrogens with zero attached hydrogens (tertiary/aromatic N) is 4. The maximum atomic E-state index is 15.9. The molecule has 0 spiro atoms. The maximum Gasteiger partial charge on any atom is 0.276 e. The van der Waals surface area contributed by atoms with Crippen LogP contribution in [0.2, 0.25) is 5.15 Å². The summed E-state index contributed by atoms with van der Waals surface area (Å²) in [5.41, 5.74) is 6.25. The molecule has 0 bridgehead atoms. The monoisotopic (exact) mass is 693 g/mol. The van der Waals surface area contributed by atoms with Crippen LogP contribution in [-0.2, 0) is 25.5 Å². The van der Waals surface area contributed by atoms with E-state index < -0.39 is 21.9 Å².